The van der Waals surface area contributed by atoms with E-state index in [-0.39, 0.29) is 25.3 Å². The van der Waals surface area contributed by atoms with Crippen LogP contribution in [0.15, 0.2) is 23.4 Å². The van der Waals surface area contributed by atoms with Crippen LogP contribution in [0.2, 0.25) is 0 Å². The number of esters is 1. The van der Waals surface area contributed by atoms with Crippen LogP contribution in [0.4, 0.5) is 0 Å². The first-order valence-corrected chi connectivity index (χ1v) is 8.94. The molecule has 0 radical (unpaired) electrons. The zero-order valence-corrected chi connectivity index (χ0v) is 15.3. The van der Waals surface area contributed by atoms with Gasteiger partial charge in [-0.05, 0) is 18.2 Å². The maximum absolute atomic E-state index is 11.9. The summed E-state index contributed by atoms with van der Waals surface area (Å²) in [4.78, 5) is 11.9. The van der Waals surface area contributed by atoms with Gasteiger partial charge in [-0.15, -0.1) is 0 Å². The van der Waals surface area contributed by atoms with E-state index in [0.717, 1.165) is 6.26 Å². The van der Waals surface area contributed by atoms with Gasteiger partial charge in [0, 0.05) is 12.7 Å². The third-order valence-electron chi connectivity index (χ3n) is 2.86. The molecule has 10 heteroatoms. The SMILES string of the molecule is COCCOC(=O)CC(=NOS(C)(=O)=O)c1ccc(OC)c(OC)c1. The summed E-state index contributed by atoms with van der Waals surface area (Å²) in [6.07, 6.45) is 0.550. The molecule has 0 unspecified atom stereocenters. The van der Waals surface area contributed by atoms with E-state index in [1.807, 2.05) is 0 Å². The largest absolute Gasteiger partial charge is 0.493 e. The van der Waals surface area contributed by atoms with Crippen molar-refractivity contribution in [3.8, 4) is 11.5 Å². The Bertz CT molecular complexity index is 714. The minimum Gasteiger partial charge on any atom is -0.493 e. The Morgan fingerprint density at radius 1 is 1.08 bits per heavy atom. The molecule has 0 saturated heterocycles. The molecule has 0 bridgehead atoms. The summed E-state index contributed by atoms with van der Waals surface area (Å²) in [6, 6.07) is 4.74. The summed E-state index contributed by atoms with van der Waals surface area (Å²) in [5, 5.41) is 3.56. The molecule has 1 rings (SSSR count). The van der Waals surface area contributed by atoms with Gasteiger partial charge in [-0.25, -0.2) is 0 Å². The van der Waals surface area contributed by atoms with E-state index in [4.69, 9.17) is 18.9 Å². The molecule has 0 heterocycles. The highest BCUT2D eigenvalue weighted by molar-refractivity contribution is 7.85. The fourth-order valence-corrected chi connectivity index (χ4v) is 1.97. The monoisotopic (exact) mass is 375 g/mol. The third kappa shape index (κ3) is 7.40. The van der Waals surface area contributed by atoms with E-state index >= 15 is 0 Å². The van der Waals surface area contributed by atoms with Gasteiger partial charge in [0.1, 0.15) is 6.61 Å². The normalized spacial score (nSPS) is 11.8. The summed E-state index contributed by atoms with van der Waals surface area (Å²) >= 11 is 0. The van der Waals surface area contributed by atoms with Gasteiger partial charge in [-0.3, -0.25) is 9.08 Å². The molecule has 0 N–H and O–H groups in total. The minimum absolute atomic E-state index is 0.0637. The van der Waals surface area contributed by atoms with Gasteiger partial charge in [0.2, 0.25) is 0 Å². The Morgan fingerprint density at radius 3 is 2.32 bits per heavy atom. The van der Waals surface area contributed by atoms with Crippen molar-refractivity contribution < 1.29 is 36.4 Å². The number of hydrogen-bond donors (Lipinski definition) is 0. The zero-order valence-electron chi connectivity index (χ0n) is 14.5. The van der Waals surface area contributed by atoms with Crippen LogP contribution < -0.4 is 9.47 Å². The van der Waals surface area contributed by atoms with Gasteiger partial charge in [0.15, 0.2) is 11.5 Å². The maximum Gasteiger partial charge on any atom is 0.325 e. The predicted octanol–water partition coefficient (Wildman–Crippen LogP) is 0.964. The molecule has 25 heavy (non-hydrogen) atoms. The first kappa shape index (κ1) is 20.7. The molecule has 1 aromatic carbocycles. The zero-order chi connectivity index (χ0) is 18.9. The number of methoxy groups -OCH3 is 3. The van der Waals surface area contributed by atoms with Gasteiger partial charge >= 0.3 is 16.1 Å². The maximum atomic E-state index is 11.9. The van der Waals surface area contributed by atoms with E-state index in [0.29, 0.717) is 17.1 Å². The van der Waals surface area contributed by atoms with Gasteiger partial charge in [-0.2, -0.15) is 8.42 Å². The van der Waals surface area contributed by atoms with Crippen LogP contribution in [0.25, 0.3) is 0 Å². The first-order chi connectivity index (χ1) is 11.8. The molecule has 0 aliphatic carbocycles. The Morgan fingerprint density at radius 2 is 1.76 bits per heavy atom. The molecule has 0 spiro atoms. The van der Waals surface area contributed by atoms with Crippen molar-refractivity contribution in [1.82, 2.24) is 0 Å². The predicted molar refractivity (Wildman–Crippen MR) is 89.5 cm³/mol. The summed E-state index contributed by atoms with van der Waals surface area (Å²) in [7, 11) is 0.576. The standard InChI is InChI=1S/C15H21NO8S/c1-20-7-8-23-15(17)10-12(16-24-25(4,18)19)11-5-6-13(21-2)14(9-11)22-3/h5-6,9H,7-8,10H2,1-4H3. The van der Waals surface area contributed by atoms with Crippen molar-refractivity contribution >= 4 is 21.8 Å². The Balaban J connectivity index is 3.08. The van der Waals surface area contributed by atoms with Crippen molar-refractivity contribution in [1.29, 1.82) is 0 Å². The highest BCUT2D eigenvalue weighted by atomic mass is 32.2. The lowest BCUT2D eigenvalue weighted by Gasteiger charge is -2.11. The average Bonchev–Trinajstić information content (AvgIpc) is 2.57. The van der Waals surface area contributed by atoms with Crippen molar-refractivity contribution in [3.63, 3.8) is 0 Å². The number of rotatable bonds is 10. The Labute approximate surface area is 146 Å². The Kier molecular flexibility index (Phi) is 8.16. The summed E-state index contributed by atoms with van der Waals surface area (Å²) in [5.41, 5.74) is 0.485. The lowest BCUT2D eigenvalue weighted by Crippen LogP contribution is -2.16. The van der Waals surface area contributed by atoms with E-state index in [1.165, 1.54) is 21.3 Å². The van der Waals surface area contributed by atoms with E-state index < -0.39 is 16.1 Å². The molecule has 0 saturated carbocycles. The number of hydrogen-bond acceptors (Lipinski definition) is 9. The smallest absolute Gasteiger partial charge is 0.325 e. The number of nitrogens with zero attached hydrogens (tertiary/aromatic N) is 1. The summed E-state index contributed by atoms with van der Waals surface area (Å²) < 4.78 is 46.9. The molecule has 0 atom stereocenters. The number of carbonyl (C=O) groups is 1. The molecule has 0 fully saturated rings. The minimum atomic E-state index is -3.83. The molecule has 1 aromatic rings. The van der Waals surface area contributed by atoms with Gasteiger partial charge in [-0.1, -0.05) is 5.16 Å². The first-order valence-electron chi connectivity index (χ1n) is 7.13. The number of carbonyl (C=O) groups excluding carboxylic acids is 1. The van der Waals surface area contributed by atoms with Crippen molar-refractivity contribution in [2.75, 3.05) is 40.8 Å². The van der Waals surface area contributed by atoms with Crippen molar-refractivity contribution in [2.45, 2.75) is 6.42 Å². The van der Waals surface area contributed by atoms with Crippen LogP contribution in [0.1, 0.15) is 12.0 Å². The topological polar surface area (TPSA) is 110 Å². The molecule has 9 nitrogen and oxygen atoms in total. The number of oxime groups is 1. The Hall–Kier alpha value is -2.33. The average molecular weight is 375 g/mol. The second kappa shape index (κ2) is 9.84. The second-order valence-electron chi connectivity index (χ2n) is 4.78. The quantitative estimate of drug-likeness (QED) is 0.257. The molecular formula is C15H21NO8S. The highest BCUT2D eigenvalue weighted by Gasteiger charge is 2.16. The van der Waals surface area contributed by atoms with Crippen LogP contribution >= 0.6 is 0 Å². The van der Waals surface area contributed by atoms with Crippen LogP contribution in [-0.4, -0.2) is 60.9 Å². The van der Waals surface area contributed by atoms with Gasteiger partial charge in [0.05, 0.1) is 39.2 Å². The fraction of sp³-hybridized carbons (Fsp3) is 0.467. The summed E-state index contributed by atoms with van der Waals surface area (Å²) in [5.74, 6) is 0.250. The number of ether oxygens (including phenoxy) is 4. The van der Waals surface area contributed by atoms with Gasteiger partial charge in [0.25, 0.3) is 0 Å². The molecule has 0 aliphatic rings. The van der Waals surface area contributed by atoms with Crippen molar-refractivity contribution in [2.24, 2.45) is 5.16 Å². The van der Waals surface area contributed by atoms with Crippen molar-refractivity contribution in [3.05, 3.63) is 23.8 Å². The number of benzene rings is 1. The molecule has 0 aromatic heterocycles. The van der Waals surface area contributed by atoms with Gasteiger partial charge < -0.3 is 18.9 Å². The van der Waals surface area contributed by atoms with Crippen LogP contribution in [-0.2, 0) is 28.7 Å². The lowest BCUT2D eigenvalue weighted by molar-refractivity contribution is -0.143. The third-order valence-corrected chi connectivity index (χ3v) is 3.21. The molecule has 0 amide bonds. The molecular weight excluding hydrogens is 354 g/mol. The van der Waals surface area contributed by atoms with E-state index in [9.17, 15) is 13.2 Å². The molecule has 140 valence electrons. The van der Waals surface area contributed by atoms with Crippen LogP contribution in [0, 0.1) is 0 Å². The van der Waals surface area contributed by atoms with Crippen LogP contribution in [0.3, 0.4) is 0 Å². The fourth-order valence-electron chi connectivity index (χ4n) is 1.74. The lowest BCUT2D eigenvalue weighted by atomic mass is 10.1. The molecule has 0 aliphatic heterocycles. The van der Waals surface area contributed by atoms with E-state index in [1.54, 1.807) is 18.2 Å². The van der Waals surface area contributed by atoms with Crippen LogP contribution in [0.5, 0.6) is 11.5 Å². The highest BCUT2D eigenvalue weighted by Crippen LogP contribution is 2.28. The second-order valence-corrected chi connectivity index (χ2v) is 6.33. The summed E-state index contributed by atoms with van der Waals surface area (Å²) in [6.45, 7) is 0.315. The van der Waals surface area contributed by atoms with E-state index in [2.05, 4.69) is 9.44 Å².